The van der Waals surface area contributed by atoms with E-state index < -0.39 is 0 Å². The molecular weight excluding hydrogens is 316 g/mol. The zero-order valence-corrected chi connectivity index (χ0v) is 14.5. The molecule has 2 heterocycles. The van der Waals surface area contributed by atoms with Gasteiger partial charge in [-0.2, -0.15) is 0 Å². The fourth-order valence-corrected chi connectivity index (χ4v) is 4.04. The van der Waals surface area contributed by atoms with Gasteiger partial charge in [-0.1, -0.05) is 12.1 Å². The second-order valence-corrected chi connectivity index (χ2v) is 7.22. The number of anilines is 1. The van der Waals surface area contributed by atoms with Crippen LogP contribution in [0.3, 0.4) is 0 Å². The van der Waals surface area contributed by atoms with Gasteiger partial charge in [0.15, 0.2) is 0 Å². The average molecular weight is 340 g/mol. The maximum atomic E-state index is 12.7. The van der Waals surface area contributed by atoms with Crippen molar-refractivity contribution in [2.24, 2.45) is 11.3 Å². The number of hydrogen-bond acceptors (Lipinski definition) is 4. The molecule has 1 atom stereocenters. The van der Waals surface area contributed by atoms with Gasteiger partial charge in [-0.15, -0.1) is 0 Å². The quantitative estimate of drug-likeness (QED) is 0.905. The lowest BCUT2D eigenvalue weighted by molar-refractivity contribution is -0.118. The van der Waals surface area contributed by atoms with E-state index in [4.69, 9.17) is 9.15 Å². The van der Waals surface area contributed by atoms with Gasteiger partial charge >= 0.3 is 0 Å². The van der Waals surface area contributed by atoms with Crippen LogP contribution < -0.4 is 10.1 Å². The molecule has 2 aliphatic rings. The number of benzene rings is 1. The first kappa shape index (κ1) is 16.2. The molecule has 4 rings (SSSR count). The van der Waals surface area contributed by atoms with Crippen LogP contribution in [0.25, 0.3) is 0 Å². The first-order valence-electron chi connectivity index (χ1n) is 8.87. The van der Waals surface area contributed by atoms with Crippen molar-refractivity contribution in [2.45, 2.75) is 25.8 Å². The summed E-state index contributed by atoms with van der Waals surface area (Å²) in [6.45, 7) is 3.03. The molecule has 2 aromatic rings. The van der Waals surface area contributed by atoms with E-state index in [1.54, 1.807) is 13.4 Å². The standard InChI is InChI=1S/C20H24N2O3/c1-24-18-5-3-2-4-17(18)21-19(23)16-12-20(16)7-9-22(10-8-20)13-15-6-11-25-14-15/h2-6,11,14,16H,7-10,12-13H2,1H3,(H,21,23). The van der Waals surface area contributed by atoms with Crippen molar-refractivity contribution < 1.29 is 13.9 Å². The Bertz CT molecular complexity index is 733. The van der Waals surface area contributed by atoms with E-state index in [2.05, 4.69) is 10.2 Å². The van der Waals surface area contributed by atoms with Crippen molar-refractivity contribution in [3.63, 3.8) is 0 Å². The Hall–Kier alpha value is -2.27. The van der Waals surface area contributed by atoms with Gasteiger partial charge in [-0.3, -0.25) is 9.69 Å². The number of methoxy groups -OCH3 is 1. The number of para-hydroxylation sites is 2. The molecule has 1 amide bonds. The number of carbonyl (C=O) groups is 1. The molecular formula is C20H24N2O3. The lowest BCUT2D eigenvalue weighted by Crippen LogP contribution is -2.35. The molecule has 1 aliphatic carbocycles. The number of ether oxygens (including phenoxy) is 1. The van der Waals surface area contributed by atoms with Gasteiger partial charge in [0, 0.05) is 18.0 Å². The van der Waals surface area contributed by atoms with Crippen molar-refractivity contribution in [1.82, 2.24) is 4.90 Å². The van der Waals surface area contributed by atoms with Gasteiger partial charge in [0.05, 0.1) is 25.3 Å². The summed E-state index contributed by atoms with van der Waals surface area (Å²) >= 11 is 0. The van der Waals surface area contributed by atoms with Crippen LogP contribution in [0, 0.1) is 11.3 Å². The number of rotatable bonds is 5. The zero-order valence-electron chi connectivity index (χ0n) is 14.5. The summed E-state index contributed by atoms with van der Waals surface area (Å²) in [5.41, 5.74) is 2.19. The van der Waals surface area contributed by atoms with Crippen molar-refractivity contribution in [2.75, 3.05) is 25.5 Å². The Morgan fingerprint density at radius 1 is 1.32 bits per heavy atom. The van der Waals surface area contributed by atoms with Crippen molar-refractivity contribution in [1.29, 1.82) is 0 Å². The number of carbonyl (C=O) groups excluding carboxylic acids is 1. The molecule has 5 heteroatoms. The maximum absolute atomic E-state index is 12.7. The zero-order chi connectivity index (χ0) is 17.3. The first-order chi connectivity index (χ1) is 12.2. The Labute approximate surface area is 148 Å². The summed E-state index contributed by atoms with van der Waals surface area (Å²) in [5.74, 6) is 0.974. The normalized spacial score (nSPS) is 21.9. The van der Waals surface area contributed by atoms with Crippen LogP contribution in [0.15, 0.2) is 47.3 Å². The van der Waals surface area contributed by atoms with E-state index in [1.807, 2.05) is 36.6 Å². The fraction of sp³-hybridized carbons (Fsp3) is 0.450. The largest absolute Gasteiger partial charge is 0.495 e. The summed E-state index contributed by atoms with van der Waals surface area (Å²) < 4.78 is 10.5. The third-order valence-corrected chi connectivity index (χ3v) is 5.71. The number of nitrogens with one attached hydrogen (secondary N) is 1. The number of amides is 1. The molecule has 25 heavy (non-hydrogen) atoms. The van der Waals surface area contributed by atoms with Gasteiger partial charge in [0.2, 0.25) is 5.91 Å². The molecule has 0 radical (unpaired) electrons. The summed E-state index contributed by atoms with van der Waals surface area (Å²) in [5, 5.41) is 3.05. The lowest BCUT2D eigenvalue weighted by atomic mass is 9.90. The molecule has 1 unspecified atom stereocenters. The van der Waals surface area contributed by atoms with Crippen LogP contribution in [0.1, 0.15) is 24.8 Å². The van der Waals surface area contributed by atoms with E-state index >= 15 is 0 Å². The number of piperidine rings is 1. The second kappa shape index (κ2) is 6.56. The third-order valence-electron chi connectivity index (χ3n) is 5.71. The van der Waals surface area contributed by atoms with Crippen molar-refractivity contribution in [3.8, 4) is 5.75 Å². The molecule has 5 nitrogen and oxygen atoms in total. The van der Waals surface area contributed by atoms with E-state index in [0.717, 1.165) is 44.6 Å². The Balaban J connectivity index is 1.32. The second-order valence-electron chi connectivity index (χ2n) is 7.22. The van der Waals surface area contributed by atoms with E-state index in [9.17, 15) is 4.79 Å². The molecule has 132 valence electrons. The minimum absolute atomic E-state index is 0.132. The van der Waals surface area contributed by atoms with E-state index in [-0.39, 0.29) is 17.2 Å². The summed E-state index contributed by atoms with van der Waals surface area (Å²) in [6.07, 6.45) is 6.72. The number of hydrogen-bond donors (Lipinski definition) is 1. The molecule has 1 aliphatic heterocycles. The van der Waals surface area contributed by atoms with Crippen LogP contribution in [0.4, 0.5) is 5.69 Å². The highest BCUT2D eigenvalue weighted by atomic mass is 16.5. The Morgan fingerprint density at radius 2 is 2.12 bits per heavy atom. The minimum Gasteiger partial charge on any atom is -0.495 e. The molecule has 1 aromatic carbocycles. The highest BCUT2D eigenvalue weighted by Gasteiger charge is 2.58. The summed E-state index contributed by atoms with van der Waals surface area (Å²) in [7, 11) is 1.62. The smallest absolute Gasteiger partial charge is 0.228 e. The van der Waals surface area contributed by atoms with Crippen molar-refractivity contribution >= 4 is 11.6 Å². The highest BCUT2D eigenvalue weighted by molar-refractivity contribution is 5.96. The monoisotopic (exact) mass is 340 g/mol. The van der Waals surface area contributed by atoms with Crippen LogP contribution in [-0.4, -0.2) is 31.0 Å². The van der Waals surface area contributed by atoms with Gasteiger partial charge in [-0.25, -0.2) is 0 Å². The summed E-state index contributed by atoms with van der Waals surface area (Å²) in [4.78, 5) is 15.1. The van der Waals surface area contributed by atoms with E-state index in [0.29, 0.717) is 5.75 Å². The fourth-order valence-electron chi connectivity index (χ4n) is 4.04. The summed E-state index contributed by atoms with van der Waals surface area (Å²) in [6, 6.07) is 9.59. The minimum atomic E-state index is 0.132. The molecule has 1 saturated heterocycles. The molecule has 2 fully saturated rings. The van der Waals surface area contributed by atoms with Gasteiger partial charge in [0.1, 0.15) is 5.75 Å². The predicted octanol–water partition coefficient (Wildman–Crippen LogP) is 3.53. The third kappa shape index (κ3) is 3.29. The number of nitrogens with zero attached hydrogens (tertiary/aromatic N) is 1. The lowest BCUT2D eigenvalue weighted by Gasteiger charge is -2.32. The first-order valence-corrected chi connectivity index (χ1v) is 8.87. The molecule has 0 bridgehead atoms. The van der Waals surface area contributed by atoms with Crippen LogP contribution in [0.2, 0.25) is 0 Å². The molecule has 1 saturated carbocycles. The van der Waals surface area contributed by atoms with Crippen molar-refractivity contribution in [3.05, 3.63) is 48.4 Å². The van der Waals surface area contributed by atoms with Crippen LogP contribution >= 0.6 is 0 Å². The number of likely N-dealkylation sites (tertiary alicyclic amines) is 1. The molecule has 1 spiro atoms. The highest BCUT2D eigenvalue weighted by Crippen LogP contribution is 2.59. The van der Waals surface area contributed by atoms with Gasteiger partial charge < -0.3 is 14.5 Å². The van der Waals surface area contributed by atoms with E-state index in [1.165, 1.54) is 5.56 Å². The topological polar surface area (TPSA) is 54.7 Å². The molecule has 1 aromatic heterocycles. The maximum Gasteiger partial charge on any atom is 0.228 e. The SMILES string of the molecule is COc1ccccc1NC(=O)C1CC12CCN(Cc1ccoc1)CC2. The Kier molecular flexibility index (Phi) is 4.25. The van der Waals surface area contributed by atoms with Gasteiger partial charge in [-0.05, 0) is 56.0 Å². The number of furan rings is 1. The average Bonchev–Trinajstić information content (AvgIpc) is 3.08. The van der Waals surface area contributed by atoms with Crippen LogP contribution in [0.5, 0.6) is 5.75 Å². The van der Waals surface area contributed by atoms with Gasteiger partial charge in [0.25, 0.3) is 0 Å². The molecule has 1 N–H and O–H groups in total. The van der Waals surface area contributed by atoms with Crippen LogP contribution in [-0.2, 0) is 11.3 Å². The predicted molar refractivity (Wildman–Crippen MR) is 95.4 cm³/mol. The Morgan fingerprint density at radius 3 is 2.84 bits per heavy atom.